The van der Waals surface area contributed by atoms with E-state index < -0.39 is 0 Å². The molecule has 0 saturated carbocycles. The van der Waals surface area contributed by atoms with Gasteiger partial charge in [-0.3, -0.25) is 0 Å². The Morgan fingerprint density at radius 1 is 1.00 bits per heavy atom. The minimum absolute atomic E-state index is 0.00888. The van der Waals surface area contributed by atoms with Gasteiger partial charge < -0.3 is 10.1 Å². The molecule has 2 rings (SSSR count). The smallest absolute Gasteiger partial charge is 0.124 e. The SMILES string of the molecule is COc1ccc(C)cc1C(C)Nc1cc(Cl)c(Cl)cc1Cl. The summed E-state index contributed by atoms with van der Waals surface area (Å²) in [6.45, 7) is 4.08. The minimum atomic E-state index is 0.00888. The molecule has 0 aromatic heterocycles. The Balaban J connectivity index is 2.32. The Morgan fingerprint density at radius 3 is 2.33 bits per heavy atom. The molecule has 5 heteroatoms. The zero-order chi connectivity index (χ0) is 15.6. The summed E-state index contributed by atoms with van der Waals surface area (Å²) in [7, 11) is 1.66. The van der Waals surface area contributed by atoms with Gasteiger partial charge >= 0.3 is 0 Å². The molecule has 2 aromatic carbocycles. The Labute approximate surface area is 140 Å². The van der Waals surface area contributed by atoms with Crippen molar-refractivity contribution in [3.05, 3.63) is 56.5 Å². The zero-order valence-electron chi connectivity index (χ0n) is 12.0. The summed E-state index contributed by atoms with van der Waals surface area (Å²) in [5, 5.41) is 4.77. The van der Waals surface area contributed by atoms with Crippen LogP contribution in [-0.4, -0.2) is 7.11 Å². The molecule has 0 aliphatic rings. The van der Waals surface area contributed by atoms with Crippen molar-refractivity contribution < 1.29 is 4.74 Å². The normalized spacial score (nSPS) is 12.1. The molecule has 0 radical (unpaired) electrons. The molecule has 1 N–H and O–H groups in total. The summed E-state index contributed by atoms with van der Waals surface area (Å²) in [6.07, 6.45) is 0. The third kappa shape index (κ3) is 3.76. The molecule has 0 heterocycles. The van der Waals surface area contributed by atoms with E-state index in [-0.39, 0.29) is 6.04 Å². The summed E-state index contributed by atoms with van der Waals surface area (Å²) in [5.74, 6) is 0.830. The predicted molar refractivity (Wildman–Crippen MR) is 91.2 cm³/mol. The van der Waals surface area contributed by atoms with Crippen molar-refractivity contribution in [3.8, 4) is 5.75 Å². The molecule has 1 atom stereocenters. The Morgan fingerprint density at radius 2 is 1.67 bits per heavy atom. The second kappa shape index (κ2) is 6.78. The first-order chi connectivity index (χ1) is 9.92. The monoisotopic (exact) mass is 343 g/mol. The fourth-order valence-electron chi connectivity index (χ4n) is 2.14. The van der Waals surface area contributed by atoms with Crippen LogP contribution in [0.5, 0.6) is 5.75 Å². The van der Waals surface area contributed by atoms with E-state index >= 15 is 0 Å². The van der Waals surface area contributed by atoms with Crippen LogP contribution >= 0.6 is 34.8 Å². The lowest BCUT2D eigenvalue weighted by Crippen LogP contribution is -2.09. The highest BCUT2D eigenvalue weighted by molar-refractivity contribution is 6.44. The van der Waals surface area contributed by atoms with Crippen LogP contribution in [0.4, 0.5) is 5.69 Å². The average molecular weight is 345 g/mol. The Kier molecular flexibility index (Phi) is 5.26. The van der Waals surface area contributed by atoms with Crippen molar-refractivity contribution in [2.24, 2.45) is 0 Å². The fourth-order valence-corrected chi connectivity index (χ4v) is 2.74. The van der Waals surface area contributed by atoms with E-state index in [4.69, 9.17) is 39.5 Å². The molecular weight excluding hydrogens is 329 g/mol. The number of hydrogen-bond donors (Lipinski definition) is 1. The summed E-state index contributed by atoms with van der Waals surface area (Å²) in [5.41, 5.74) is 2.96. The number of ether oxygens (including phenoxy) is 1. The average Bonchev–Trinajstić information content (AvgIpc) is 2.44. The zero-order valence-corrected chi connectivity index (χ0v) is 14.3. The van der Waals surface area contributed by atoms with Gasteiger partial charge in [-0.05, 0) is 32.0 Å². The molecule has 0 bridgehead atoms. The second-order valence-corrected chi connectivity index (χ2v) is 6.08. The molecule has 21 heavy (non-hydrogen) atoms. The van der Waals surface area contributed by atoms with E-state index in [0.29, 0.717) is 15.1 Å². The molecular formula is C16H16Cl3NO. The summed E-state index contributed by atoms with van der Waals surface area (Å²) < 4.78 is 5.41. The van der Waals surface area contributed by atoms with Gasteiger partial charge in [0.25, 0.3) is 0 Å². The lowest BCUT2D eigenvalue weighted by molar-refractivity contribution is 0.408. The van der Waals surface area contributed by atoms with Gasteiger partial charge in [0.15, 0.2) is 0 Å². The van der Waals surface area contributed by atoms with Crippen molar-refractivity contribution in [2.45, 2.75) is 19.9 Å². The number of benzene rings is 2. The Hall–Kier alpha value is -1.09. The van der Waals surface area contributed by atoms with Gasteiger partial charge in [0.1, 0.15) is 5.75 Å². The number of aryl methyl sites for hydroxylation is 1. The highest BCUT2D eigenvalue weighted by Crippen LogP contribution is 2.35. The number of methoxy groups -OCH3 is 1. The van der Waals surface area contributed by atoms with Gasteiger partial charge in [-0.15, -0.1) is 0 Å². The first-order valence-corrected chi connectivity index (χ1v) is 7.61. The molecule has 0 fully saturated rings. The van der Waals surface area contributed by atoms with Crippen molar-refractivity contribution in [2.75, 3.05) is 12.4 Å². The highest BCUT2D eigenvalue weighted by Gasteiger charge is 2.14. The summed E-state index contributed by atoms with van der Waals surface area (Å²) >= 11 is 18.2. The minimum Gasteiger partial charge on any atom is -0.496 e. The van der Waals surface area contributed by atoms with E-state index in [1.807, 2.05) is 26.0 Å². The van der Waals surface area contributed by atoms with Gasteiger partial charge in [-0.2, -0.15) is 0 Å². The Bertz CT molecular complexity index is 658. The van der Waals surface area contributed by atoms with Crippen molar-refractivity contribution in [1.82, 2.24) is 0 Å². The first-order valence-electron chi connectivity index (χ1n) is 6.48. The molecule has 0 aliphatic carbocycles. The number of rotatable bonds is 4. The van der Waals surface area contributed by atoms with Crippen LogP contribution in [-0.2, 0) is 0 Å². The molecule has 112 valence electrons. The first kappa shape index (κ1) is 16.3. The largest absolute Gasteiger partial charge is 0.496 e. The van der Waals surface area contributed by atoms with Gasteiger partial charge in [0, 0.05) is 5.56 Å². The van der Waals surface area contributed by atoms with Gasteiger partial charge in [-0.1, -0.05) is 52.5 Å². The van der Waals surface area contributed by atoms with Crippen LogP contribution in [0.25, 0.3) is 0 Å². The summed E-state index contributed by atoms with van der Waals surface area (Å²) in [6, 6.07) is 9.43. The van der Waals surface area contributed by atoms with Crippen molar-refractivity contribution in [1.29, 1.82) is 0 Å². The maximum absolute atomic E-state index is 6.20. The molecule has 0 amide bonds. The molecule has 0 spiro atoms. The van der Waals surface area contributed by atoms with E-state index in [9.17, 15) is 0 Å². The molecule has 0 saturated heterocycles. The lowest BCUT2D eigenvalue weighted by Gasteiger charge is -2.20. The van der Waals surface area contributed by atoms with Crippen molar-refractivity contribution in [3.63, 3.8) is 0 Å². The lowest BCUT2D eigenvalue weighted by atomic mass is 10.0. The van der Waals surface area contributed by atoms with E-state index in [1.54, 1.807) is 19.2 Å². The predicted octanol–water partition coefficient (Wildman–Crippen LogP) is 6.14. The summed E-state index contributed by atoms with van der Waals surface area (Å²) in [4.78, 5) is 0. The number of hydrogen-bond acceptors (Lipinski definition) is 2. The maximum atomic E-state index is 6.20. The van der Waals surface area contributed by atoms with Crippen LogP contribution in [0.15, 0.2) is 30.3 Å². The van der Waals surface area contributed by atoms with Crippen LogP contribution in [0, 0.1) is 6.92 Å². The van der Waals surface area contributed by atoms with Crippen LogP contribution in [0.3, 0.4) is 0 Å². The maximum Gasteiger partial charge on any atom is 0.124 e. The standard InChI is InChI=1S/C16H16Cl3NO/c1-9-4-5-16(21-3)11(6-9)10(2)20-15-8-13(18)12(17)7-14(15)19/h4-8,10,20H,1-3H3. The number of halogens is 3. The number of anilines is 1. The van der Waals surface area contributed by atoms with Crippen LogP contribution in [0.2, 0.25) is 15.1 Å². The topological polar surface area (TPSA) is 21.3 Å². The van der Waals surface area contributed by atoms with Gasteiger partial charge in [0.2, 0.25) is 0 Å². The highest BCUT2D eigenvalue weighted by atomic mass is 35.5. The van der Waals surface area contributed by atoms with E-state index in [0.717, 1.165) is 17.0 Å². The van der Waals surface area contributed by atoms with E-state index in [2.05, 4.69) is 11.4 Å². The molecule has 2 nitrogen and oxygen atoms in total. The third-order valence-corrected chi connectivity index (χ3v) is 4.27. The quantitative estimate of drug-likeness (QED) is 0.673. The van der Waals surface area contributed by atoms with E-state index in [1.165, 1.54) is 5.56 Å². The van der Waals surface area contributed by atoms with Gasteiger partial charge in [0.05, 0.1) is 33.9 Å². The molecule has 1 unspecified atom stereocenters. The second-order valence-electron chi connectivity index (χ2n) is 4.86. The third-order valence-electron chi connectivity index (χ3n) is 3.23. The fraction of sp³-hybridized carbons (Fsp3) is 0.250. The van der Waals surface area contributed by atoms with Crippen LogP contribution < -0.4 is 10.1 Å². The molecule has 2 aromatic rings. The van der Waals surface area contributed by atoms with Crippen LogP contribution in [0.1, 0.15) is 24.1 Å². The molecule has 0 aliphatic heterocycles. The van der Waals surface area contributed by atoms with Crippen molar-refractivity contribution >= 4 is 40.5 Å². The van der Waals surface area contributed by atoms with Gasteiger partial charge in [-0.25, -0.2) is 0 Å². The number of nitrogens with one attached hydrogen (secondary N) is 1.